The largest absolute Gasteiger partial charge is 0.378 e. The highest BCUT2D eigenvalue weighted by molar-refractivity contribution is 7.11. The van der Waals surface area contributed by atoms with Crippen molar-refractivity contribution in [1.82, 2.24) is 9.88 Å². The average molecular weight is 324 g/mol. The number of hydrogen-bond donors (Lipinski definition) is 0. The van der Waals surface area contributed by atoms with Gasteiger partial charge in [-0.15, -0.1) is 11.3 Å². The molecule has 0 amide bonds. The van der Waals surface area contributed by atoms with Crippen LogP contribution in [-0.4, -0.2) is 47.9 Å². The van der Waals surface area contributed by atoms with Gasteiger partial charge in [-0.05, 0) is 11.8 Å². The minimum absolute atomic E-state index is 0.0803. The van der Waals surface area contributed by atoms with Gasteiger partial charge in [-0.2, -0.15) is 0 Å². The van der Waals surface area contributed by atoms with E-state index in [9.17, 15) is 0 Å². The van der Waals surface area contributed by atoms with Gasteiger partial charge in [0.25, 0.3) is 0 Å². The summed E-state index contributed by atoms with van der Waals surface area (Å²) in [6.07, 6.45) is 4.44. The Balaban J connectivity index is 1.69. The summed E-state index contributed by atoms with van der Waals surface area (Å²) < 4.78 is 11.9. The third-order valence-corrected chi connectivity index (χ3v) is 5.97. The van der Waals surface area contributed by atoms with Crippen molar-refractivity contribution in [2.75, 3.05) is 26.3 Å². The van der Waals surface area contributed by atoms with Crippen LogP contribution in [0.5, 0.6) is 0 Å². The predicted octanol–water partition coefficient (Wildman–Crippen LogP) is 3.21. The highest BCUT2D eigenvalue weighted by atomic mass is 32.1. The molecule has 3 rings (SSSR count). The summed E-state index contributed by atoms with van der Waals surface area (Å²) in [5.41, 5.74) is 0.108. The maximum atomic E-state index is 6.33. The van der Waals surface area contributed by atoms with Crippen LogP contribution in [0.25, 0.3) is 0 Å². The number of thiazole rings is 1. The Morgan fingerprint density at radius 2 is 2.27 bits per heavy atom. The monoisotopic (exact) mass is 324 g/mol. The summed E-state index contributed by atoms with van der Waals surface area (Å²) in [7, 11) is 0. The van der Waals surface area contributed by atoms with E-state index in [0.29, 0.717) is 6.10 Å². The molecule has 22 heavy (non-hydrogen) atoms. The lowest BCUT2D eigenvalue weighted by Crippen LogP contribution is -2.55. The molecule has 124 valence electrons. The van der Waals surface area contributed by atoms with E-state index in [0.717, 1.165) is 45.7 Å². The van der Waals surface area contributed by atoms with Crippen molar-refractivity contribution in [3.8, 4) is 0 Å². The van der Waals surface area contributed by atoms with E-state index in [1.807, 2.05) is 17.5 Å². The Labute approximate surface area is 137 Å². The van der Waals surface area contributed by atoms with Crippen LogP contribution in [0.1, 0.15) is 50.4 Å². The second-order valence-corrected chi connectivity index (χ2v) is 8.79. The van der Waals surface area contributed by atoms with Gasteiger partial charge in [-0.1, -0.05) is 27.7 Å². The van der Waals surface area contributed by atoms with Gasteiger partial charge in [0.2, 0.25) is 0 Å². The third kappa shape index (κ3) is 3.53. The molecule has 2 aliphatic rings. The van der Waals surface area contributed by atoms with Crippen LogP contribution in [0, 0.1) is 0 Å². The topological polar surface area (TPSA) is 34.6 Å². The zero-order chi connectivity index (χ0) is 15.8. The first kappa shape index (κ1) is 16.4. The summed E-state index contributed by atoms with van der Waals surface area (Å²) in [5, 5.41) is 1.22. The fraction of sp³-hybridized carbons (Fsp3) is 0.824. The van der Waals surface area contributed by atoms with Gasteiger partial charge >= 0.3 is 0 Å². The average Bonchev–Trinajstić information content (AvgIpc) is 3.08. The first-order valence-corrected chi connectivity index (χ1v) is 9.15. The molecule has 2 fully saturated rings. The number of aromatic nitrogens is 1. The molecule has 2 atom stereocenters. The van der Waals surface area contributed by atoms with Gasteiger partial charge in [0.15, 0.2) is 0 Å². The van der Waals surface area contributed by atoms with E-state index in [4.69, 9.17) is 9.47 Å². The molecular weight excluding hydrogens is 296 g/mol. The Bertz CT molecular complexity index is 503. The van der Waals surface area contributed by atoms with Crippen molar-refractivity contribution < 1.29 is 9.47 Å². The summed E-state index contributed by atoms with van der Waals surface area (Å²) in [5.74, 6) is 0. The lowest BCUT2D eigenvalue weighted by molar-refractivity contribution is -0.156. The van der Waals surface area contributed by atoms with Gasteiger partial charge in [-0.25, -0.2) is 4.98 Å². The van der Waals surface area contributed by atoms with Crippen LogP contribution in [-0.2, 0) is 21.4 Å². The Hall–Kier alpha value is -0.490. The molecule has 1 spiro atoms. The molecule has 0 aromatic carbocycles. The van der Waals surface area contributed by atoms with E-state index in [1.54, 1.807) is 0 Å². The van der Waals surface area contributed by atoms with Crippen LogP contribution in [0.2, 0.25) is 0 Å². The molecule has 0 aliphatic carbocycles. The summed E-state index contributed by atoms with van der Waals surface area (Å²) >= 11 is 1.85. The summed E-state index contributed by atoms with van der Waals surface area (Å²) in [6.45, 7) is 13.4. The minimum atomic E-state index is -0.0803. The van der Waals surface area contributed by atoms with Gasteiger partial charge in [0.1, 0.15) is 10.6 Å². The van der Waals surface area contributed by atoms with Crippen molar-refractivity contribution in [2.45, 2.75) is 64.2 Å². The molecule has 2 aliphatic heterocycles. The van der Waals surface area contributed by atoms with E-state index in [-0.39, 0.29) is 11.0 Å². The first-order valence-electron chi connectivity index (χ1n) is 8.33. The Morgan fingerprint density at radius 1 is 1.45 bits per heavy atom. The van der Waals surface area contributed by atoms with Crippen LogP contribution in [0.15, 0.2) is 6.20 Å². The molecule has 0 N–H and O–H groups in total. The molecule has 3 heterocycles. The maximum absolute atomic E-state index is 6.33. The third-order valence-electron chi connectivity index (χ3n) is 4.56. The smallest absolute Gasteiger partial charge is 0.107 e. The van der Waals surface area contributed by atoms with Crippen LogP contribution < -0.4 is 0 Å². The first-order chi connectivity index (χ1) is 10.4. The molecule has 5 heteroatoms. The minimum Gasteiger partial charge on any atom is -0.378 e. The second-order valence-electron chi connectivity index (χ2n) is 7.67. The lowest BCUT2D eigenvalue weighted by Gasteiger charge is -2.43. The Kier molecular flexibility index (Phi) is 4.61. The highest BCUT2D eigenvalue weighted by Gasteiger charge is 2.43. The van der Waals surface area contributed by atoms with E-state index in [1.165, 1.54) is 9.88 Å². The number of nitrogens with zero attached hydrogens (tertiary/aromatic N) is 2. The molecule has 2 saturated heterocycles. The predicted molar refractivity (Wildman–Crippen MR) is 89.4 cm³/mol. The van der Waals surface area contributed by atoms with Crippen LogP contribution in [0.3, 0.4) is 0 Å². The fourth-order valence-corrected chi connectivity index (χ4v) is 4.27. The molecule has 1 aromatic heterocycles. The number of rotatable bonds is 3. The second kappa shape index (κ2) is 6.19. The van der Waals surface area contributed by atoms with Crippen molar-refractivity contribution in [1.29, 1.82) is 0 Å². The number of hydrogen-bond acceptors (Lipinski definition) is 5. The lowest BCUT2D eigenvalue weighted by atomic mass is 9.96. The van der Waals surface area contributed by atoms with Crippen LogP contribution >= 0.6 is 11.3 Å². The molecular formula is C17H28N2O2S. The van der Waals surface area contributed by atoms with E-state index in [2.05, 4.69) is 37.6 Å². The highest BCUT2D eigenvalue weighted by Crippen LogP contribution is 2.33. The van der Waals surface area contributed by atoms with Crippen molar-refractivity contribution in [3.05, 3.63) is 16.1 Å². The molecule has 0 saturated carbocycles. The molecule has 0 unspecified atom stereocenters. The van der Waals surface area contributed by atoms with Crippen molar-refractivity contribution in [3.63, 3.8) is 0 Å². The SMILES string of the molecule is CC[C@@H]1CN(Cc2ncc(C(C)(C)C)s2)C[C@@]2(CCOC2)O1. The van der Waals surface area contributed by atoms with Gasteiger partial charge < -0.3 is 9.47 Å². The van der Waals surface area contributed by atoms with E-state index < -0.39 is 0 Å². The summed E-state index contributed by atoms with van der Waals surface area (Å²) in [6, 6.07) is 0. The fourth-order valence-electron chi connectivity index (χ4n) is 3.25. The van der Waals surface area contributed by atoms with Gasteiger partial charge in [0, 0.05) is 37.2 Å². The standard InChI is InChI=1S/C17H28N2O2S/c1-5-13-9-19(11-17(21-13)6-7-20-12-17)10-15-18-8-14(22-15)16(2,3)4/h8,13H,5-7,9-12H2,1-4H3/t13-,17-/m1/s1. The quantitative estimate of drug-likeness (QED) is 0.855. The zero-order valence-electron chi connectivity index (χ0n) is 14.2. The maximum Gasteiger partial charge on any atom is 0.107 e. The van der Waals surface area contributed by atoms with Gasteiger partial charge in [-0.3, -0.25) is 4.90 Å². The van der Waals surface area contributed by atoms with E-state index >= 15 is 0 Å². The van der Waals surface area contributed by atoms with Gasteiger partial charge in [0.05, 0.1) is 19.3 Å². The molecule has 0 bridgehead atoms. The molecule has 4 nitrogen and oxygen atoms in total. The van der Waals surface area contributed by atoms with Crippen LogP contribution in [0.4, 0.5) is 0 Å². The normalized spacial score (nSPS) is 30.3. The number of ether oxygens (including phenoxy) is 2. The molecule has 1 aromatic rings. The Morgan fingerprint density at radius 3 is 2.86 bits per heavy atom. The van der Waals surface area contributed by atoms with Crippen molar-refractivity contribution >= 4 is 11.3 Å². The zero-order valence-corrected chi connectivity index (χ0v) is 15.0. The van der Waals surface area contributed by atoms with Crippen molar-refractivity contribution in [2.24, 2.45) is 0 Å². The summed E-state index contributed by atoms with van der Waals surface area (Å²) in [4.78, 5) is 8.52. The number of morpholine rings is 1. The molecule has 0 radical (unpaired) electrons.